The van der Waals surface area contributed by atoms with Gasteiger partial charge in [-0.05, 0) is 56.4 Å². The van der Waals surface area contributed by atoms with Gasteiger partial charge < -0.3 is 0 Å². The summed E-state index contributed by atoms with van der Waals surface area (Å²) in [5.41, 5.74) is 3.22. The molecule has 0 radical (unpaired) electrons. The van der Waals surface area contributed by atoms with Crippen LogP contribution in [0.3, 0.4) is 0 Å². The van der Waals surface area contributed by atoms with Crippen LogP contribution in [-0.4, -0.2) is 0 Å². The number of hydrogen-bond acceptors (Lipinski definition) is 0. The van der Waals surface area contributed by atoms with Crippen LogP contribution in [0.1, 0.15) is 57.4 Å². The highest BCUT2D eigenvalue weighted by Gasteiger charge is 2.11. The maximum absolute atomic E-state index is 2.53. The van der Waals surface area contributed by atoms with Crippen molar-refractivity contribution in [2.75, 3.05) is 0 Å². The largest absolute Gasteiger partial charge is 0.0851 e. The van der Waals surface area contributed by atoms with Crippen LogP contribution in [0.2, 0.25) is 0 Å². The molecule has 1 aromatic carbocycles. The van der Waals surface area contributed by atoms with Crippen molar-refractivity contribution in [3.8, 4) is 0 Å². The summed E-state index contributed by atoms with van der Waals surface area (Å²) in [6, 6.07) is 10.9. The van der Waals surface area contributed by atoms with E-state index in [1.54, 1.807) is 5.57 Å². The van der Waals surface area contributed by atoms with Crippen LogP contribution < -0.4 is 0 Å². The maximum atomic E-state index is 2.53. The minimum Gasteiger partial charge on any atom is -0.0851 e. The number of hydrogen-bond donors (Lipinski definition) is 0. The molecular weight excluding hydrogens is 216 g/mol. The molecule has 1 unspecified atom stereocenters. The first-order valence-electron chi connectivity index (χ1n) is 7.60. The Labute approximate surface area is 112 Å². The average Bonchev–Trinajstić information content (AvgIpc) is 2.45. The van der Waals surface area contributed by atoms with Crippen molar-refractivity contribution < 1.29 is 0 Å². The van der Waals surface area contributed by atoms with E-state index >= 15 is 0 Å². The molecule has 98 valence electrons. The molecule has 0 bridgehead atoms. The summed E-state index contributed by atoms with van der Waals surface area (Å²) in [4.78, 5) is 0. The van der Waals surface area contributed by atoms with E-state index in [4.69, 9.17) is 0 Å². The first kappa shape index (κ1) is 13.4. The molecule has 0 heteroatoms. The van der Waals surface area contributed by atoms with Crippen molar-refractivity contribution in [2.45, 2.75) is 58.3 Å². The van der Waals surface area contributed by atoms with Crippen LogP contribution in [0.4, 0.5) is 0 Å². The van der Waals surface area contributed by atoms with E-state index in [0.29, 0.717) is 0 Å². The Morgan fingerprint density at radius 1 is 1.06 bits per heavy atom. The second-order valence-electron chi connectivity index (χ2n) is 5.60. The molecule has 0 nitrogen and oxygen atoms in total. The number of unbranched alkanes of at least 4 members (excludes halogenated alkanes) is 1. The zero-order valence-electron chi connectivity index (χ0n) is 11.7. The summed E-state index contributed by atoms with van der Waals surface area (Å²) in [5.74, 6) is 0.970. The van der Waals surface area contributed by atoms with Crippen LogP contribution in [0.5, 0.6) is 0 Å². The predicted molar refractivity (Wildman–Crippen MR) is 79.7 cm³/mol. The molecule has 1 aliphatic carbocycles. The van der Waals surface area contributed by atoms with Gasteiger partial charge in [0.25, 0.3) is 0 Å². The van der Waals surface area contributed by atoms with E-state index in [2.05, 4.69) is 43.3 Å². The van der Waals surface area contributed by atoms with E-state index in [0.717, 1.165) is 5.92 Å². The summed E-state index contributed by atoms with van der Waals surface area (Å²) < 4.78 is 0. The zero-order chi connectivity index (χ0) is 12.6. The van der Waals surface area contributed by atoms with Crippen LogP contribution in [-0.2, 0) is 6.42 Å². The third kappa shape index (κ3) is 4.33. The highest BCUT2D eigenvalue weighted by Crippen LogP contribution is 2.28. The molecule has 0 aromatic heterocycles. The number of aryl methyl sites for hydroxylation is 1. The fourth-order valence-electron chi connectivity index (χ4n) is 2.87. The molecule has 0 saturated carbocycles. The van der Waals surface area contributed by atoms with Gasteiger partial charge >= 0.3 is 0 Å². The summed E-state index contributed by atoms with van der Waals surface area (Å²) >= 11 is 0. The minimum atomic E-state index is 0.970. The molecular formula is C18H26. The summed E-state index contributed by atoms with van der Waals surface area (Å²) in [7, 11) is 0. The van der Waals surface area contributed by atoms with Crippen molar-refractivity contribution in [3.63, 3.8) is 0 Å². The summed E-state index contributed by atoms with van der Waals surface area (Å²) in [5, 5.41) is 0. The van der Waals surface area contributed by atoms with Gasteiger partial charge in [0.1, 0.15) is 0 Å². The number of allylic oxidation sites excluding steroid dienone is 2. The Kier molecular flexibility index (Phi) is 5.51. The lowest BCUT2D eigenvalue weighted by atomic mass is 9.86. The van der Waals surface area contributed by atoms with Crippen LogP contribution in [0, 0.1) is 5.92 Å². The lowest BCUT2D eigenvalue weighted by Crippen LogP contribution is -2.04. The third-order valence-electron chi connectivity index (χ3n) is 4.25. The van der Waals surface area contributed by atoms with Gasteiger partial charge in [-0.15, -0.1) is 0 Å². The molecule has 0 amide bonds. The van der Waals surface area contributed by atoms with Crippen LogP contribution in [0.15, 0.2) is 42.0 Å². The van der Waals surface area contributed by atoms with E-state index in [9.17, 15) is 0 Å². The molecule has 1 atom stereocenters. The normalized spacial score (nSPS) is 19.6. The minimum absolute atomic E-state index is 0.970. The van der Waals surface area contributed by atoms with Gasteiger partial charge in [-0.1, -0.05) is 55.3 Å². The molecule has 0 spiro atoms. The first-order valence-corrected chi connectivity index (χ1v) is 7.60. The fourth-order valence-corrected chi connectivity index (χ4v) is 2.87. The third-order valence-corrected chi connectivity index (χ3v) is 4.25. The smallest absolute Gasteiger partial charge is 0.0279 e. The van der Waals surface area contributed by atoms with Gasteiger partial charge in [-0.3, -0.25) is 0 Å². The summed E-state index contributed by atoms with van der Waals surface area (Å²) in [6.07, 6.45) is 13.3. The Bertz CT molecular complexity index is 361. The zero-order valence-corrected chi connectivity index (χ0v) is 11.7. The van der Waals surface area contributed by atoms with E-state index in [1.807, 2.05) is 0 Å². The van der Waals surface area contributed by atoms with Gasteiger partial charge in [0.15, 0.2) is 0 Å². The first-order chi connectivity index (χ1) is 8.88. The molecule has 18 heavy (non-hydrogen) atoms. The van der Waals surface area contributed by atoms with Crippen molar-refractivity contribution in [1.29, 1.82) is 0 Å². The second-order valence-corrected chi connectivity index (χ2v) is 5.60. The van der Waals surface area contributed by atoms with Crippen molar-refractivity contribution in [3.05, 3.63) is 47.5 Å². The molecule has 0 heterocycles. The average molecular weight is 242 g/mol. The molecule has 1 aliphatic rings. The predicted octanol–water partition coefficient (Wildman–Crippen LogP) is 5.54. The van der Waals surface area contributed by atoms with Crippen molar-refractivity contribution in [2.24, 2.45) is 5.92 Å². The van der Waals surface area contributed by atoms with E-state index in [1.165, 1.54) is 56.9 Å². The Balaban J connectivity index is 1.63. The SMILES string of the molecule is CCC1CC=C(CCCCc2ccccc2)CC1. The highest BCUT2D eigenvalue weighted by atomic mass is 14.2. The standard InChI is InChI=1S/C18H26/c1-2-16-12-14-18(15-13-16)11-7-6-10-17-8-4-3-5-9-17/h3-5,8-9,14,16H,2,6-7,10-13,15H2,1H3. The molecule has 0 saturated heterocycles. The van der Waals surface area contributed by atoms with Crippen molar-refractivity contribution in [1.82, 2.24) is 0 Å². The summed E-state index contributed by atoms with van der Waals surface area (Å²) in [6.45, 7) is 2.32. The Morgan fingerprint density at radius 2 is 1.83 bits per heavy atom. The second kappa shape index (κ2) is 7.41. The highest BCUT2D eigenvalue weighted by molar-refractivity contribution is 5.14. The molecule has 0 aliphatic heterocycles. The fraction of sp³-hybridized carbons (Fsp3) is 0.556. The molecule has 2 rings (SSSR count). The lowest BCUT2D eigenvalue weighted by Gasteiger charge is -2.20. The quantitative estimate of drug-likeness (QED) is 0.454. The van der Waals surface area contributed by atoms with Crippen molar-refractivity contribution >= 4 is 0 Å². The topological polar surface area (TPSA) is 0 Å². The van der Waals surface area contributed by atoms with Gasteiger partial charge in [0, 0.05) is 0 Å². The van der Waals surface area contributed by atoms with E-state index < -0.39 is 0 Å². The van der Waals surface area contributed by atoms with Gasteiger partial charge in [-0.25, -0.2) is 0 Å². The molecule has 0 fully saturated rings. The Morgan fingerprint density at radius 3 is 2.50 bits per heavy atom. The van der Waals surface area contributed by atoms with Crippen LogP contribution >= 0.6 is 0 Å². The van der Waals surface area contributed by atoms with Gasteiger partial charge in [0.05, 0.1) is 0 Å². The van der Waals surface area contributed by atoms with Crippen LogP contribution in [0.25, 0.3) is 0 Å². The number of rotatable bonds is 6. The monoisotopic (exact) mass is 242 g/mol. The maximum Gasteiger partial charge on any atom is -0.0279 e. The van der Waals surface area contributed by atoms with E-state index in [-0.39, 0.29) is 0 Å². The number of benzene rings is 1. The molecule has 1 aromatic rings. The van der Waals surface area contributed by atoms with Gasteiger partial charge in [-0.2, -0.15) is 0 Å². The van der Waals surface area contributed by atoms with Gasteiger partial charge in [0.2, 0.25) is 0 Å². The Hall–Kier alpha value is -1.04. The lowest BCUT2D eigenvalue weighted by molar-refractivity contribution is 0.448. The molecule has 0 N–H and O–H groups in total.